The number of guanidine groups is 1. The minimum atomic E-state index is -4.39. The van der Waals surface area contributed by atoms with Gasteiger partial charge in [-0.2, -0.15) is 13.2 Å². The van der Waals surface area contributed by atoms with E-state index in [0.29, 0.717) is 17.5 Å². The molecule has 9 heteroatoms. The van der Waals surface area contributed by atoms with Gasteiger partial charge in [-0.25, -0.2) is 9.98 Å². The topological polar surface area (TPSA) is 52.6 Å². The van der Waals surface area contributed by atoms with Crippen LogP contribution >= 0.6 is 11.3 Å². The Kier molecular flexibility index (Phi) is 7.95. The number of rotatable bonds is 8. The molecule has 2 N–H and O–H groups in total. The summed E-state index contributed by atoms with van der Waals surface area (Å²) in [5.74, 6) is 0.618. The van der Waals surface area contributed by atoms with E-state index in [2.05, 4.69) is 25.5 Å². The molecule has 1 aliphatic rings. The van der Waals surface area contributed by atoms with Crippen molar-refractivity contribution < 1.29 is 13.2 Å². The van der Waals surface area contributed by atoms with Crippen LogP contribution in [-0.2, 0) is 12.7 Å². The third-order valence-electron chi connectivity index (χ3n) is 3.95. The van der Waals surface area contributed by atoms with Gasteiger partial charge >= 0.3 is 6.18 Å². The summed E-state index contributed by atoms with van der Waals surface area (Å²) < 4.78 is 37.7. The van der Waals surface area contributed by atoms with Crippen LogP contribution < -0.4 is 10.6 Å². The van der Waals surface area contributed by atoms with Crippen molar-refractivity contribution in [2.75, 3.05) is 32.7 Å². The van der Waals surface area contributed by atoms with Crippen LogP contribution in [0.4, 0.5) is 13.2 Å². The fourth-order valence-corrected chi connectivity index (χ4v) is 3.40. The smallest absolute Gasteiger partial charge is 0.357 e. The summed E-state index contributed by atoms with van der Waals surface area (Å²) in [6, 6.07) is 0. The highest BCUT2D eigenvalue weighted by Gasteiger charge is 2.33. The number of nitrogens with one attached hydrogen (secondary N) is 2. The Balaban J connectivity index is 1.72. The summed E-state index contributed by atoms with van der Waals surface area (Å²) in [7, 11) is 0. The van der Waals surface area contributed by atoms with Crippen LogP contribution in [0.5, 0.6) is 0 Å². The van der Waals surface area contributed by atoms with E-state index in [1.165, 1.54) is 25.9 Å². The number of unbranched alkanes of at least 4 members (excludes halogenated alkanes) is 1. The van der Waals surface area contributed by atoms with E-state index in [1.54, 1.807) is 0 Å². The zero-order chi connectivity index (χ0) is 18.1. The molecule has 25 heavy (non-hydrogen) atoms. The van der Waals surface area contributed by atoms with Gasteiger partial charge in [-0.15, -0.1) is 11.3 Å². The highest BCUT2D eigenvalue weighted by atomic mass is 32.1. The lowest BCUT2D eigenvalue weighted by molar-refractivity contribution is -0.140. The minimum Gasteiger partial charge on any atom is -0.357 e. The molecule has 1 saturated heterocycles. The van der Waals surface area contributed by atoms with E-state index in [1.807, 2.05) is 6.92 Å². The van der Waals surface area contributed by atoms with Crippen LogP contribution in [0.3, 0.4) is 0 Å². The third kappa shape index (κ3) is 7.19. The number of aliphatic imine (C=N–C) groups is 1. The maximum Gasteiger partial charge on any atom is 0.434 e. The molecule has 0 bridgehead atoms. The normalized spacial score (nSPS) is 16.4. The standard InChI is InChI=1S/C16H26F3N5S/c1-2-20-15(21-7-3-4-8-24-9-5-6-10-24)22-11-14-23-13(12-25-14)16(17,18)19/h12H,2-11H2,1H3,(H2,20,21,22). The highest BCUT2D eigenvalue weighted by molar-refractivity contribution is 7.09. The van der Waals surface area contributed by atoms with Crippen LogP contribution in [0, 0.1) is 0 Å². The summed E-state index contributed by atoms with van der Waals surface area (Å²) in [5.41, 5.74) is -0.845. The fraction of sp³-hybridized carbons (Fsp3) is 0.750. The molecule has 2 rings (SSSR count). The van der Waals surface area contributed by atoms with E-state index < -0.39 is 11.9 Å². The molecule has 0 spiro atoms. The van der Waals surface area contributed by atoms with Crippen molar-refractivity contribution >= 4 is 17.3 Å². The summed E-state index contributed by atoms with van der Waals surface area (Å²) in [5, 5.41) is 7.72. The SMILES string of the molecule is CCNC(=NCc1nc(C(F)(F)F)cs1)NCCCCN1CCCC1. The molecular weight excluding hydrogens is 351 g/mol. The first-order chi connectivity index (χ1) is 12.0. The maximum absolute atomic E-state index is 12.6. The van der Waals surface area contributed by atoms with Crippen molar-refractivity contribution in [1.82, 2.24) is 20.5 Å². The second-order valence-corrected chi connectivity index (χ2v) is 6.94. The molecule has 0 saturated carbocycles. The van der Waals surface area contributed by atoms with Gasteiger partial charge in [-0.1, -0.05) is 0 Å². The maximum atomic E-state index is 12.6. The molecule has 1 aliphatic heterocycles. The van der Waals surface area contributed by atoms with Crippen molar-refractivity contribution in [3.63, 3.8) is 0 Å². The predicted octanol–water partition coefficient (Wildman–Crippen LogP) is 3.09. The van der Waals surface area contributed by atoms with Crippen LogP contribution in [-0.4, -0.2) is 48.6 Å². The Morgan fingerprint density at radius 1 is 1.28 bits per heavy atom. The molecule has 1 aromatic rings. The summed E-state index contributed by atoms with van der Waals surface area (Å²) in [6.45, 7) is 7.15. The first-order valence-electron chi connectivity index (χ1n) is 8.75. The zero-order valence-electron chi connectivity index (χ0n) is 14.5. The second kappa shape index (κ2) is 9.96. The van der Waals surface area contributed by atoms with Gasteiger partial charge in [-0.3, -0.25) is 0 Å². The van der Waals surface area contributed by atoms with E-state index in [4.69, 9.17) is 0 Å². The predicted molar refractivity (Wildman–Crippen MR) is 94.8 cm³/mol. The van der Waals surface area contributed by atoms with Crippen LogP contribution in [0.15, 0.2) is 10.4 Å². The minimum absolute atomic E-state index is 0.143. The number of nitrogens with zero attached hydrogens (tertiary/aromatic N) is 3. The van der Waals surface area contributed by atoms with Gasteiger partial charge in [0.2, 0.25) is 0 Å². The van der Waals surface area contributed by atoms with Gasteiger partial charge in [-0.05, 0) is 52.2 Å². The second-order valence-electron chi connectivity index (χ2n) is 6.00. The van der Waals surface area contributed by atoms with Crippen molar-refractivity contribution in [3.8, 4) is 0 Å². The molecule has 142 valence electrons. The van der Waals surface area contributed by atoms with Crippen LogP contribution in [0.2, 0.25) is 0 Å². The monoisotopic (exact) mass is 377 g/mol. The summed E-state index contributed by atoms with van der Waals surface area (Å²) in [6.07, 6.45) is 0.394. The van der Waals surface area contributed by atoms with Crippen LogP contribution in [0.25, 0.3) is 0 Å². The van der Waals surface area contributed by atoms with Crippen molar-refractivity contribution in [1.29, 1.82) is 0 Å². The van der Waals surface area contributed by atoms with Gasteiger partial charge in [0.15, 0.2) is 11.7 Å². The molecule has 0 unspecified atom stereocenters. The number of hydrogen-bond acceptors (Lipinski definition) is 4. The van der Waals surface area contributed by atoms with Gasteiger partial charge in [0, 0.05) is 18.5 Å². The largest absolute Gasteiger partial charge is 0.434 e. The highest BCUT2D eigenvalue weighted by Crippen LogP contribution is 2.30. The quantitative estimate of drug-likeness (QED) is 0.415. The number of likely N-dealkylation sites (tertiary alicyclic amines) is 1. The third-order valence-corrected chi connectivity index (χ3v) is 4.78. The van der Waals surface area contributed by atoms with Gasteiger partial charge in [0.25, 0.3) is 0 Å². The summed E-state index contributed by atoms with van der Waals surface area (Å²) >= 11 is 0.983. The molecule has 1 aromatic heterocycles. The molecule has 0 aliphatic carbocycles. The Labute approximate surface area is 150 Å². The van der Waals surface area contributed by atoms with E-state index in [9.17, 15) is 13.2 Å². The summed E-state index contributed by atoms with van der Waals surface area (Å²) in [4.78, 5) is 10.4. The zero-order valence-corrected chi connectivity index (χ0v) is 15.3. The van der Waals surface area contributed by atoms with Crippen molar-refractivity contribution in [2.45, 2.75) is 45.3 Å². The lowest BCUT2D eigenvalue weighted by Crippen LogP contribution is -2.38. The molecule has 2 heterocycles. The average Bonchev–Trinajstić information content (AvgIpc) is 3.23. The first-order valence-corrected chi connectivity index (χ1v) is 9.63. The van der Waals surface area contributed by atoms with Crippen molar-refractivity contribution in [2.24, 2.45) is 4.99 Å². The Morgan fingerprint density at radius 3 is 2.68 bits per heavy atom. The average molecular weight is 377 g/mol. The molecule has 0 aromatic carbocycles. The Hall–Kier alpha value is -1.35. The van der Waals surface area contributed by atoms with Gasteiger partial charge in [0.05, 0.1) is 6.54 Å². The Morgan fingerprint density at radius 2 is 2.04 bits per heavy atom. The molecular formula is C16H26F3N5S. The fourth-order valence-electron chi connectivity index (χ4n) is 2.68. The first kappa shape index (κ1) is 20.0. The van der Waals surface area contributed by atoms with E-state index in [0.717, 1.165) is 42.6 Å². The van der Waals surface area contributed by atoms with E-state index in [-0.39, 0.29) is 6.54 Å². The number of thiazole rings is 1. The van der Waals surface area contributed by atoms with Crippen LogP contribution in [0.1, 0.15) is 43.3 Å². The van der Waals surface area contributed by atoms with Gasteiger partial charge in [0.1, 0.15) is 5.01 Å². The molecule has 0 radical (unpaired) electrons. The number of alkyl halides is 3. The number of hydrogen-bond donors (Lipinski definition) is 2. The molecule has 1 fully saturated rings. The molecule has 0 atom stereocenters. The Bertz CT molecular complexity index is 538. The number of aromatic nitrogens is 1. The number of halogens is 3. The van der Waals surface area contributed by atoms with Crippen molar-refractivity contribution in [3.05, 3.63) is 16.1 Å². The lowest BCUT2D eigenvalue weighted by atomic mass is 10.3. The lowest BCUT2D eigenvalue weighted by Gasteiger charge is -2.15. The molecule has 5 nitrogen and oxygen atoms in total. The molecule has 0 amide bonds. The van der Waals surface area contributed by atoms with E-state index >= 15 is 0 Å². The van der Waals surface area contributed by atoms with Gasteiger partial charge < -0.3 is 15.5 Å².